The summed E-state index contributed by atoms with van der Waals surface area (Å²) in [7, 11) is -2.06. The van der Waals surface area contributed by atoms with Crippen molar-refractivity contribution in [3.63, 3.8) is 0 Å². The van der Waals surface area contributed by atoms with Gasteiger partial charge in [-0.1, -0.05) is 37.8 Å². The first-order chi connectivity index (χ1) is 15.6. The third-order valence-electron chi connectivity index (χ3n) is 5.06. The molecule has 10 heteroatoms. The zero-order chi connectivity index (χ0) is 24.2. The van der Waals surface area contributed by atoms with Gasteiger partial charge in [0.05, 0.1) is 24.8 Å². The highest BCUT2D eigenvalue weighted by Crippen LogP contribution is 2.37. The van der Waals surface area contributed by atoms with Gasteiger partial charge in [0.1, 0.15) is 11.3 Å². The molecule has 0 radical (unpaired) electrons. The number of hydrogen-bond donors (Lipinski definition) is 0. The van der Waals surface area contributed by atoms with Crippen molar-refractivity contribution in [1.82, 2.24) is 9.55 Å². The van der Waals surface area contributed by atoms with Crippen LogP contribution >= 0.6 is 15.9 Å². The first-order valence-corrected chi connectivity index (χ1v) is 16.4. The van der Waals surface area contributed by atoms with E-state index in [1.165, 1.54) is 0 Å². The Hall–Kier alpha value is -2.14. The van der Waals surface area contributed by atoms with Crippen LogP contribution in [-0.2, 0) is 21.3 Å². The van der Waals surface area contributed by atoms with Crippen molar-refractivity contribution in [2.24, 2.45) is 0 Å². The molecule has 2 aromatic carbocycles. The highest BCUT2D eigenvalue weighted by atomic mass is 79.9. The lowest BCUT2D eigenvalue weighted by atomic mass is 10.1. The smallest absolute Gasteiger partial charge is 0.240 e. The number of ether oxygens (including phenoxy) is 3. The van der Waals surface area contributed by atoms with Gasteiger partial charge in [0, 0.05) is 20.2 Å². The maximum Gasteiger partial charge on any atom is 0.240 e. The number of benzene rings is 2. The molecule has 0 N–H and O–H groups in total. The molecule has 3 aromatic rings. The van der Waals surface area contributed by atoms with E-state index in [1.807, 2.05) is 6.07 Å². The van der Waals surface area contributed by atoms with Crippen LogP contribution in [0, 0.1) is 0 Å². The molecule has 0 saturated heterocycles. The minimum atomic E-state index is -3.88. The molecule has 0 aliphatic rings. The molecule has 0 aliphatic heterocycles. The van der Waals surface area contributed by atoms with Gasteiger partial charge in [0.25, 0.3) is 0 Å². The van der Waals surface area contributed by atoms with Crippen molar-refractivity contribution in [3.8, 4) is 22.8 Å². The molecule has 0 fully saturated rings. The first-order valence-electron chi connectivity index (χ1n) is 10.4. The van der Waals surface area contributed by atoms with Crippen LogP contribution < -0.4 is 9.47 Å². The van der Waals surface area contributed by atoms with Gasteiger partial charge in [-0.3, -0.25) is 4.57 Å². The summed E-state index contributed by atoms with van der Waals surface area (Å²) in [5.41, 5.74) is 1.30. The monoisotopic (exact) mass is 552 g/mol. The lowest BCUT2D eigenvalue weighted by molar-refractivity contribution is 0.0820. The third kappa shape index (κ3) is 5.86. The van der Waals surface area contributed by atoms with Gasteiger partial charge >= 0.3 is 0 Å². The number of sulfone groups is 1. The number of nitrogens with zero attached hydrogens (tertiary/aromatic N) is 2. The van der Waals surface area contributed by atoms with E-state index >= 15 is 0 Å². The summed E-state index contributed by atoms with van der Waals surface area (Å²) in [5.74, 6) is 1.11. The number of methoxy groups -OCH3 is 2. The Morgan fingerprint density at radius 2 is 1.67 bits per heavy atom. The van der Waals surface area contributed by atoms with Crippen LogP contribution in [0.15, 0.2) is 63.2 Å². The van der Waals surface area contributed by atoms with Gasteiger partial charge in [0.2, 0.25) is 15.0 Å². The van der Waals surface area contributed by atoms with Crippen molar-refractivity contribution < 1.29 is 22.6 Å². The standard InChI is InChI=1S/C23H29BrN2O5SSi/c1-29-19-12-11-17(15-20(19)30-2)21-22(24)25-23(26(21)16-31-13-14-33(3,4)5)32(27,28)18-9-7-6-8-10-18/h6-12,15H,13-14,16H2,1-5H3. The van der Waals surface area contributed by atoms with Crippen LogP contribution in [0.5, 0.6) is 11.5 Å². The minimum absolute atomic E-state index is 0.0498. The van der Waals surface area contributed by atoms with Gasteiger partial charge in [-0.25, -0.2) is 13.4 Å². The van der Waals surface area contributed by atoms with Crippen LogP contribution in [0.2, 0.25) is 25.7 Å². The largest absolute Gasteiger partial charge is 0.493 e. The molecule has 0 spiro atoms. The van der Waals surface area contributed by atoms with E-state index in [4.69, 9.17) is 14.2 Å². The van der Waals surface area contributed by atoms with E-state index in [9.17, 15) is 8.42 Å². The van der Waals surface area contributed by atoms with Crippen molar-refractivity contribution in [3.05, 3.63) is 53.1 Å². The first kappa shape index (κ1) is 25.5. The van der Waals surface area contributed by atoms with Crippen LogP contribution in [-0.4, -0.2) is 46.9 Å². The van der Waals surface area contributed by atoms with E-state index < -0.39 is 17.9 Å². The molecule has 0 aliphatic carbocycles. The van der Waals surface area contributed by atoms with Gasteiger partial charge < -0.3 is 14.2 Å². The van der Waals surface area contributed by atoms with Crippen molar-refractivity contribution >= 4 is 33.8 Å². The molecule has 0 atom stereocenters. The maximum absolute atomic E-state index is 13.5. The molecule has 1 aromatic heterocycles. The van der Waals surface area contributed by atoms with Crippen LogP contribution in [0.1, 0.15) is 0 Å². The highest BCUT2D eigenvalue weighted by Gasteiger charge is 2.29. The van der Waals surface area contributed by atoms with Crippen LogP contribution in [0.4, 0.5) is 0 Å². The summed E-state index contributed by atoms with van der Waals surface area (Å²) in [4.78, 5) is 4.58. The zero-order valence-corrected chi connectivity index (χ0v) is 22.9. The van der Waals surface area contributed by atoms with Gasteiger partial charge in [-0.05, 0) is 52.3 Å². The molecule has 0 unspecified atom stereocenters. The fourth-order valence-electron chi connectivity index (χ4n) is 3.23. The van der Waals surface area contributed by atoms with Crippen molar-refractivity contribution in [2.45, 2.75) is 42.5 Å². The number of hydrogen-bond acceptors (Lipinski definition) is 6. The Labute approximate surface area is 204 Å². The summed E-state index contributed by atoms with van der Waals surface area (Å²) in [6.45, 7) is 7.40. The highest BCUT2D eigenvalue weighted by molar-refractivity contribution is 9.10. The van der Waals surface area contributed by atoms with Crippen LogP contribution in [0.3, 0.4) is 0 Å². The van der Waals surface area contributed by atoms with E-state index in [0.29, 0.717) is 28.4 Å². The summed E-state index contributed by atoms with van der Waals surface area (Å²) in [6.07, 6.45) is 0. The lowest BCUT2D eigenvalue weighted by Gasteiger charge is -2.17. The fraction of sp³-hybridized carbons (Fsp3) is 0.348. The summed E-state index contributed by atoms with van der Waals surface area (Å²) >= 11 is 3.48. The Morgan fingerprint density at radius 3 is 2.27 bits per heavy atom. The molecule has 0 saturated carbocycles. The molecule has 3 rings (SSSR count). The number of aromatic nitrogens is 2. The van der Waals surface area contributed by atoms with E-state index in [1.54, 1.807) is 61.3 Å². The molecule has 178 valence electrons. The summed E-state index contributed by atoms with van der Waals surface area (Å²) < 4.78 is 45.7. The SMILES string of the molecule is COc1ccc(-c2c(Br)nc(S(=O)(=O)c3ccccc3)n2COCC[Si](C)(C)C)cc1OC. The predicted molar refractivity (Wildman–Crippen MR) is 134 cm³/mol. The summed E-state index contributed by atoms with van der Waals surface area (Å²) in [5, 5.41) is -0.0848. The molecule has 7 nitrogen and oxygen atoms in total. The molecular formula is C23H29BrN2O5SSi. The summed E-state index contributed by atoms with van der Waals surface area (Å²) in [6, 6.07) is 14.6. The lowest BCUT2D eigenvalue weighted by Crippen LogP contribution is -2.22. The topological polar surface area (TPSA) is 79.7 Å². The van der Waals surface area contributed by atoms with E-state index in [0.717, 1.165) is 11.6 Å². The Balaban J connectivity index is 2.11. The maximum atomic E-state index is 13.5. The van der Waals surface area contributed by atoms with Crippen LogP contribution in [0.25, 0.3) is 11.3 Å². The predicted octanol–water partition coefficient (Wildman–Crippen LogP) is 5.47. The zero-order valence-electron chi connectivity index (χ0n) is 19.5. The van der Waals surface area contributed by atoms with Gasteiger partial charge in [-0.2, -0.15) is 0 Å². The fourth-order valence-corrected chi connectivity index (χ4v) is 6.08. The molecule has 1 heterocycles. The Kier molecular flexibility index (Phi) is 8.04. The second kappa shape index (κ2) is 10.4. The van der Waals surface area contributed by atoms with E-state index in [-0.39, 0.29) is 16.8 Å². The second-order valence-corrected chi connectivity index (χ2v) is 16.9. The third-order valence-corrected chi connectivity index (χ3v) is 9.00. The van der Waals surface area contributed by atoms with Crippen molar-refractivity contribution in [2.75, 3.05) is 20.8 Å². The van der Waals surface area contributed by atoms with Gasteiger partial charge in [-0.15, -0.1) is 0 Å². The Bertz CT molecular complexity index is 1210. The number of rotatable bonds is 10. The molecular weight excluding hydrogens is 524 g/mol. The molecule has 0 amide bonds. The quantitative estimate of drug-likeness (QED) is 0.245. The second-order valence-electron chi connectivity index (χ2n) is 8.70. The van der Waals surface area contributed by atoms with Crippen molar-refractivity contribution in [1.29, 1.82) is 0 Å². The number of imidazole rings is 1. The van der Waals surface area contributed by atoms with Gasteiger partial charge in [0.15, 0.2) is 11.5 Å². The minimum Gasteiger partial charge on any atom is -0.493 e. The average molecular weight is 554 g/mol. The average Bonchev–Trinajstić information content (AvgIpc) is 3.13. The molecule has 33 heavy (non-hydrogen) atoms. The van der Waals surface area contributed by atoms with E-state index in [2.05, 4.69) is 40.6 Å². The number of halogens is 1. The normalized spacial score (nSPS) is 12.1. The molecule has 0 bridgehead atoms. The Morgan fingerprint density at radius 1 is 1.00 bits per heavy atom.